The van der Waals surface area contributed by atoms with Crippen LogP contribution in [0, 0.1) is 5.92 Å². The topological polar surface area (TPSA) is 71.7 Å². The number of anilines is 1. The molecule has 0 spiro atoms. The summed E-state index contributed by atoms with van der Waals surface area (Å²) in [4.78, 5) is 21.1. The molecule has 0 bridgehead atoms. The van der Waals surface area contributed by atoms with Crippen molar-refractivity contribution in [3.05, 3.63) is 24.0 Å². The van der Waals surface area contributed by atoms with E-state index in [0.29, 0.717) is 18.0 Å². The van der Waals surface area contributed by atoms with Crippen LogP contribution in [0.3, 0.4) is 0 Å². The number of hydrogen-bond acceptors (Lipinski definition) is 5. The maximum atomic E-state index is 12.4. The van der Waals surface area contributed by atoms with Crippen LogP contribution in [0.4, 0.5) is 5.69 Å². The average molecular weight is 318 g/mol. The maximum Gasteiger partial charge on any atom is 0.228 e. The minimum absolute atomic E-state index is 0.173. The van der Waals surface area contributed by atoms with Gasteiger partial charge in [-0.15, -0.1) is 0 Å². The van der Waals surface area contributed by atoms with Gasteiger partial charge < -0.3 is 15.4 Å². The van der Waals surface area contributed by atoms with Crippen LogP contribution >= 0.6 is 0 Å². The van der Waals surface area contributed by atoms with E-state index >= 15 is 0 Å². The first-order valence-electron chi connectivity index (χ1n) is 8.49. The Morgan fingerprint density at radius 2 is 1.96 bits per heavy atom. The monoisotopic (exact) mass is 318 g/mol. The van der Waals surface area contributed by atoms with Crippen molar-refractivity contribution >= 4 is 11.6 Å². The standard InChI is InChI=1S/C17H26N4O2/c18-15-1-2-16(19-12-15)11-17(22)21-5-3-14(4-6-21)13-20-7-9-23-10-8-20/h1-2,12,14H,3-11,13,18H2. The molecule has 3 rings (SSSR count). The molecule has 0 aliphatic carbocycles. The fourth-order valence-corrected chi connectivity index (χ4v) is 3.32. The number of morpholine rings is 1. The quantitative estimate of drug-likeness (QED) is 0.888. The molecule has 2 N–H and O–H groups in total. The zero-order valence-corrected chi connectivity index (χ0v) is 13.6. The van der Waals surface area contributed by atoms with Crippen molar-refractivity contribution in [2.24, 2.45) is 5.92 Å². The van der Waals surface area contributed by atoms with E-state index in [9.17, 15) is 4.79 Å². The first-order chi connectivity index (χ1) is 11.2. The number of hydrogen-bond donors (Lipinski definition) is 1. The smallest absolute Gasteiger partial charge is 0.228 e. The molecular formula is C17H26N4O2. The van der Waals surface area contributed by atoms with Crippen molar-refractivity contribution < 1.29 is 9.53 Å². The highest BCUT2D eigenvalue weighted by molar-refractivity contribution is 5.78. The molecule has 23 heavy (non-hydrogen) atoms. The Bertz CT molecular complexity index is 506. The van der Waals surface area contributed by atoms with E-state index in [-0.39, 0.29) is 5.91 Å². The van der Waals surface area contributed by atoms with Crippen molar-refractivity contribution in [3.63, 3.8) is 0 Å². The Balaban J connectivity index is 1.42. The number of pyridine rings is 1. The first-order valence-corrected chi connectivity index (χ1v) is 8.49. The summed E-state index contributed by atoms with van der Waals surface area (Å²) < 4.78 is 5.39. The Morgan fingerprint density at radius 3 is 2.61 bits per heavy atom. The number of nitrogens with two attached hydrogens (primary N) is 1. The molecule has 2 aliphatic rings. The molecule has 1 aromatic heterocycles. The molecule has 0 aromatic carbocycles. The lowest BCUT2D eigenvalue weighted by Crippen LogP contribution is -2.44. The summed E-state index contributed by atoms with van der Waals surface area (Å²) in [6.07, 6.45) is 4.17. The van der Waals surface area contributed by atoms with Crippen LogP contribution in [0.1, 0.15) is 18.5 Å². The largest absolute Gasteiger partial charge is 0.397 e. The Morgan fingerprint density at radius 1 is 1.22 bits per heavy atom. The summed E-state index contributed by atoms with van der Waals surface area (Å²) in [5, 5.41) is 0. The number of carbonyl (C=O) groups is 1. The Hall–Kier alpha value is -1.66. The molecular weight excluding hydrogens is 292 g/mol. The molecule has 0 atom stereocenters. The van der Waals surface area contributed by atoms with Gasteiger partial charge in [0.2, 0.25) is 5.91 Å². The molecule has 0 unspecified atom stereocenters. The molecule has 0 radical (unpaired) electrons. The molecule has 0 saturated carbocycles. The highest BCUT2D eigenvalue weighted by Crippen LogP contribution is 2.19. The number of nitrogen functional groups attached to an aromatic ring is 1. The molecule has 6 heteroatoms. The zero-order chi connectivity index (χ0) is 16.1. The van der Waals surface area contributed by atoms with Gasteiger partial charge in [0, 0.05) is 38.4 Å². The first kappa shape index (κ1) is 16.2. The summed E-state index contributed by atoms with van der Waals surface area (Å²) in [7, 11) is 0. The lowest BCUT2D eigenvalue weighted by Gasteiger charge is -2.36. The molecule has 1 amide bonds. The van der Waals surface area contributed by atoms with E-state index in [4.69, 9.17) is 10.5 Å². The van der Waals surface area contributed by atoms with Crippen LogP contribution in [0.5, 0.6) is 0 Å². The highest BCUT2D eigenvalue weighted by Gasteiger charge is 2.25. The second-order valence-corrected chi connectivity index (χ2v) is 6.50. The number of aromatic nitrogens is 1. The highest BCUT2D eigenvalue weighted by atomic mass is 16.5. The van der Waals surface area contributed by atoms with Gasteiger partial charge in [-0.25, -0.2) is 0 Å². The number of likely N-dealkylation sites (tertiary alicyclic amines) is 1. The maximum absolute atomic E-state index is 12.4. The third-order valence-electron chi connectivity index (χ3n) is 4.77. The van der Waals surface area contributed by atoms with E-state index < -0.39 is 0 Å². The summed E-state index contributed by atoms with van der Waals surface area (Å²) in [6.45, 7) is 6.66. The van der Waals surface area contributed by atoms with Crippen LogP contribution in [-0.2, 0) is 16.0 Å². The van der Waals surface area contributed by atoms with E-state index in [0.717, 1.165) is 64.5 Å². The van der Waals surface area contributed by atoms with E-state index in [1.54, 1.807) is 12.3 Å². The van der Waals surface area contributed by atoms with Crippen LogP contribution in [0.2, 0.25) is 0 Å². The third-order valence-corrected chi connectivity index (χ3v) is 4.77. The molecule has 1 aromatic rings. The number of rotatable bonds is 4. The van der Waals surface area contributed by atoms with Crippen molar-refractivity contribution in [3.8, 4) is 0 Å². The predicted octanol–water partition coefficient (Wildman–Crippen LogP) is 0.777. The van der Waals surface area contributed by atoms with Gasteiger partial charge in [-0.3, -0.25) is 14.7 Å². The number of amides is 1. The van der Waals surface area contributed by atoms with Crippen LogP contribution in [0.15, 0.2) is 18.3 Å². The second-order valence-electron chi connectivity index (χ2n) is 6.50. The van der Waals surface area contributed by atoms with Crippen molar-refractivity contribution in [2.45, 2.75) is 19.3 Å². The normalized spacial score (nSPS) is 20.6. The number of nitrogens with zero attached hydrogens (tertiary/aromatic N) is 3. The van der Waals surface area contributed by atoms with E-state index in [1.807, 2.05) is 11.0 Å². The van der Waals surface area contributed by atoms with Crippen LogP contribution in [0.25, 0.3) is 0 Å². The zero-order valence-electron chi connectivity index (χ0n) is 13.6. The number of ether oxygens (including phenoxy) is 1. The van der Waals surface area contributed by atoms with Crippen LogP contribution in [-0.4, -0.2) is 66.6 Å². The van der Waals surface area contributed by atoms with Gasteiger partial charge in [0.25, 0.3) is 0 Å². The molecule has 2 fully saturated rings. The lowest BCUT2D eigenvalue weighted by atomic mass is 9.95. The van der Waals surface area contributed by atoms with Crippen molar-refractivity contribution in [2.75, 3.05) is 51.7 Å². The minimum Gasteiger partial charge on any atom is -0.397 e. The van der Waals surface area contributed by atoms with E-state index in [1.165, 1.54) is 0 Å². The summed E-state index contributed by atoms with van der Waals surface area (Å²) in [6, 6.07) is 3.63. The van der Waals surface area contributed by atoms with Gasteiger partial charge in [0.1, 0.15) is 0 Å². The molecule has 6 nitrogen and oxygen atoms in total. The molecule has 126 valence electrons. The molecule has 2 saturated heterocycles. The Kier molecular flexibility index (Phi) is 5.46. The second kappa shape index (κ2) is 7.75. The summed E-state index contributed by atoms with van der Waals surface area (Å²) in [5.74, 6) is 0.874. The molecule has 2 aliphatic heterocycles. The van der Waals surface area contributed by atoms with Gasteiger partial charge in [-0.1, -0.05) is 0 Å². The predicted molar refractivity (Wildman–Crippen MR) is 88.9 cm³/mol. The fraction of sp³-hybridized carbons (Fsp3) is 0.647. The molecule has 3 heterocycles. The van der Waals surface area contributed by atoms with Crippen molar-refractivity contribution in [1.82, 2.24) is 14.8 Å². The Labute approximate surface area is 137 Å². The average Bonchev–Trinajstić information content (AvgIpc) is 2.58. The number of piperidine rings is 1. The lowest BCUT2D eigenvalue weighted by molar-refractivity contribution is -0.132. The van der Waals surface area contributed by atoms with Gasteiger partial charge in [0.05, 0.1) is 31.5 Å². The summed E-state index contributed by atoms with van der Waals surface area (Å²) in [5.41, 5.74) is 7.04. The fourth-order valence-electron chi connectivity index (χ4n) is 3.32. The number of carbonyl (C=O) groups excluding carboxylic acids is 1. The SMILES string of the molecule is Nc1ccc(CC(=O)N2CCC(CN3CCOCC3)CC2)nc1. The van der Waals surface area contributed by atoms with Crippen molar-refractivity contribution in [1.29, 1.82) is 0 Å². The van der Waals surface area contributed by atoms with Gasteiger partial charge in [0.15, 0.2) is 0 Å². The third kappa shape index (κ3) is 4.65. The van der Waals surface area contributed by atoms with Crippen LogP contribution < -0.4 is 5.73 Å². The van der Waals surface area contributed by atoms with Gasteiger partial charge in [-0.05, 0) is 30.9 Å². The minimum atomic E-state index is 0.173. The summed E-state index contributed by atoms with van der Waals surface area (Å²) >= 11 is 0. The van der Waals surface area contributed by atoms with Gasteiger partial charge in [-0.2, -0.15) is 0 Å². The van der Waals surface area contributed by atoms with Gasteiger partial charge >= 0.3 is 0 Å². The van der Waals surface area contributed by atoms with E-state index in [2.05, 4.69) is 9.88 Å².